The Kier molecular flexibility index (Phi) is 5.08. The number of rotatable bonds is 5. The van der Waals surface area contributed by atoms with Crippen LogP contribution >= 0.6 is 23.2 Å². The van der Waals surface area contributed by atoms with E-state index in [1.165, 1.54) is 5.56 Å². The summed E-state index contributed by atoms with van der Waals surface area (Å²) < 4.78 is 1.94. The highest BCUT2D eigenvalue weighted by atomic mass is 35.5. The zero-order valence-electron chi connectivity index (χ0n) is 12.0. The summed E-state index contributed by atoms with van der Waals surface area (Å²) in [6.45, 7) is 5.16. The summed E-state index contributed by atoms with van der Waals surface area (Å²) in [6, 6.07) is 5.59. The van der Waals surface area contributed by atoms with E-state index in [2.05, 4.69) is 24.3 Å². The Labute approximate surface area is 129 Å². The lowest BCUT2D eigenvalue weighted by Crippen LogP contribution is -2.09. The second kappa shape index (κ2) is 6.61. The van der Waals surface area contributed by atoms with Crippen LogP contribution in [0.15, 0.2) is 18.2 Å². The molecule has 1 heterocycles. The lowest BCUT2D eigenvalue weighted by Gasteiger charge is -2.07. The lowest BCUT2D eigenvalue weighted by atomic mass is 10.1. The second-order valence-electron chi connectivity index (χ2n) is 4.87. The van der Waals surface area contributed by atoms with E-state index in [0.717, 1.165) is 36.5 Å². The number of hydrogen-bond donors (Lipinski definition) is 1. The van der Waals surface area contributed by atoms with Gasteiger partial charge in [0, 0.05) is 5.69 Å². The number of halogens is 2. The van der Waals surface area contributed by atoms with Gasteiger partial charge in [-0.05, 0) is 64.0 Å². The van der Waals surface area contributed by atoms with E-state index in [1.54, 1.807) is 6.07 Å². The molecule has 0 bridgehead atoms. The van der Waals surface area contributed by atoms with Gasteiger partial charge in [-0.25, -0.2) is 4.68 Å². The van der Waals surface area contributed by atoms with Crippen LogP contribution in [-0.2, 0) is 6.42 Å². The van der Waals surface area contributed by atoms with Crippen LogP contribution in [0.4, 0.5) is 0 Å². The van der Waals surface area contributed by atoms with Crippen molar-refractivity contribution in [3.8, 4) is 5.69 Å². The summed E-state index contributed by atoms with van der Waals surface area (Å²) in [5, 5.41) is 8.90. The zero-order valence-corrected chi connectivity index (χ0v) is 13.5. The first-order chi connectivity index (χ1) is 9.54. The molecule has 20 heavy (non-hydrogen) atoms. The molecular formula is C15H19Cl2N3. The predicted octanol–water partition coefficient (Wildman–Crippen LogP) is 3.95. The molecule has 0 atom stereocenters. The second-order valence-corrected chi connectivity index (χ2v) is 5.68. The summed E-state index contributed by atoms with van der Waals surface area (Å²) in [7, 11) is 1.97. The molecule has 0 aliphatic heterocycles. The van der Waals surface area contributed by atoms with Crippen LogP contribution in [0.2, 0.25) is 10.0 Å². The first-order valence-corrected chi connectivity index (χ1v) is 7.45. The molecule has 0 spiro atoms. The largest absolute Gasteiger partial charge is 0.320 e. The molecule has 0 unspecified atom stereocenters. The zero-order chi connectivity index (χ0) is 14.7. The molecule has 108 valence electrons. The number of nitrogens with one attached hydrogen (secondary N) is 1. The van der Waals surface area contributed by atoms with E-state index in [-0.39, 0.29) is 0 Å². The first kappa shape index (κ1) is 15.4. The van der Waals surface area contributed by atoms with Crippen LogP contribution in [0.5, 0.6) is 0 Å². The van der Waals surface area contributed by atoms with E-state index >= 15 is 0 Å². The summed E-state index contributed by atoms with van der Waals surface area (Å²) in [4.78, 5) is 0. The molecule has 0 amide bonds. The van der Waals surface area contributed by atoms with Crippen LogP contribution in [0.1, 0.15) is 23.4 Å². The van der Waals surface area contributed by atoms with Crippen molar-refractivity contribution in [1.82, 2.24) is 15.1 Å². The fraction of sp³-hybridized carbons (Fsp3) is 0.400. The van der Waals surface area contributed by atoms with Crippen molar-refractivity contribution in [2.24, 2.45) is 0 Å². The standard InChI is InChI=1S/C15H19Cl2N3/c1-10-13(5-4-8-18-3)11(2)20(19-10)12-6-7-14(16)15(17)9-12/h6-7,9,18H,4-5,8H2,1-3H3. The summed E-state index contributed by atoms with van der Waals surface area (Å²) in [5.74, 6) is 0. The molecule has 1 aromatic carbocycles. The Balaban J connectivity index is 2.33. The minimum absolute atomic E-state index is 0.549. The molecule has 1 N–H and O–H groups in total. The van der Waals surface area contributed by atoms with Gasteiger partial charge >= 0.3 is 0 Å². The molecule has 0 radical (unpaired) electrons. The highest BCUT2D eigenvalue weighted by molar-refractivity contribution is 6.42. The molecule has 5 heteroatoms. The van der Waals surface area contributed by atoms with Gasteiger partial charge in [0.05, 0.1) is 21.4 Å². The topological polar surface area (TPSA) is 29.9 Å². The predicted molar refractivity (Wildman–Crippen MR) is 85.3 cm³/mol. The maximum atomic E-state index is 6.08. The Hall–Kier alpha value is -1.03. The first-order valence-electron chi connectivity index (χ1n) is 6.69. The van der Waals surface area contributed by atoms with Crippen molar-refractivity contribution >= 4 is 23.2 Å². The van der Waals surface area contributed by atoms with Gasteiger partial charge in [-0.3, -0.25) is 0 Å². The van der Waals surface area contributed by atoms with E-state index in [0.29, 0.717) is 10.0 Å². The average Bonchev–Trinajstić information content (AvgIpc) is 2.70. The highest BCUT2D eigenvalue weighted by Gasteiger charge is 2.13. The Bertz CT molecular complexity index is 605. The minimum Gasteiger partial charge on any atom is -0.320 e. The molecule has 2 aromatic rings. The van der Waals surface area contributed by atoms with Crippen molar-refractivity contribution in [2.45, 2.75) is 26.7 Å². The fourth-order valence-corrected chi connectivity index (χ4v) is 2.64. The van der Waals surface area contributed by atoms with Crippen LogP contribution in [0.25, 0.3) is 5.69 Å². The van der Waals surface area contributed by atoms with Gasteiger partial charge in [0.15, 0.2) is 0 Å². The third-order valence-electron chi connectivity index (χ3n) is 3.44. The number of nitrogens with zero attached hydrogens (tertiary/aromatic N) is 2. The van der Waals surface area contributed by atoms with Gasteiger partial charge in [0.2, 0.25) is 0 Å². The molecule has 0 saturated heterocycles. The van der Waals surface area contributed by atoms with Crippen LogP contribution in [0.3, 0.4) is 0 Å². The van der Waals surface area contributed by atoms with Crippen molar-refractivity contribution < 1.29 is 0 Å². The van der Waals surface area contributed by atoms with E-state index in [1.807, 2.05) is 23.9 Å². The number of hydrogen-bond acceptors (Lipinski definition) is 2. The van der Waals surface area contributed by atoms with Gasteiger partial charge in [-0.1, -0.05) is 23.2 Å². The maximum absolute atomic E-state index is 6.08. The van der Waals surface area contributed by atoms with Gasteiger partial charge in [0.1, 0.15) is 0 Å². The third kappa shape index (κ3) is 3.17. The molecule has 2 rings (SSSR count). The summed E-state index contributed by atoms with van der Waals surface area (Å²) >= 11 is 12.0. The van der Waals surface area contributed by atoms with Crippen LogP contribution in [-0.4, -0.2) is 23.4 Å². The third-order valence-corrected chi connectivity index (χ3v) is 4.18. The lowest BCUT2D eigenvalue weighted by molar-refractivity contribution is 0.720. The molecule has 0 aliphatic rings. The summed E-state index contributed by atoms with van der Waals surface area (Å²) in [5.41, 5.74) is 4.49. The Morgan fingerprint density at radius 3 is 2.60 bits per heavy atom. The van der Waals surface area contributed by atoms with Gasteiger partial charge in [0.25, 0.3) is 0 Å². The van der Waals surface area contributed by atoms with Crippen LogP contribution < -0.4 is 5.32 Å². The van der Waals surface area contributed by atoms with E-state index in [4.69, 9.17) is 23.2 Å². The maximum Gasteiger partial charge on any atom is 0.0664 e. The number of aryl methyl sites for hydroxylation is 1. The molecule has 1 aromatic heterocycles. The normalized spacial score (nSPS) is 11.1. The van der Waals surface area contributed by atoms with Gasteiger partial charge in [-0.2, -0.15) is 5.10 Å². The molecule has 0 fully saturated rings. The van der Waals surface area contributed by atoms with Crippen LogP contribution in [0, 0.1) is 13.8 Å². The van der Waals surface area contributed by atoms with Gasteiger partial charge < -0.3 is 5.32 Å². The molecule has 0 aliphatic carbocycles. The van der Waals surface area contributed by atoms with E-state index in [9.17, 15) is 0 Å². The molecular weight excluding hydrogens is 293 g/mol. The van der Waals surface area contributed by atoms with E-state index < -0.39 is 0 Å². The smallest absolute Gasteiger partial charge is 0.0664 e. The molecule has 0 saturated carbocycles. The quantitative estimate of drug-likeness (QED) is 0.847. The average molecular weight is 312 g/mol. The Morgan fingerprint density at radius 2 is 1.95 bits per heavy atom. The molecule has 3 nitrogen and oxygen atoms in total. The van der Waals surface area contributed by atoms with Crippen molar-refractivity contribution in [2.75, 3.05) is 13.6 Å². The van der Waals surface area contributed by atoms with Crippen molar-refractivity contribution in [3.63, 3.8) is 0 Å². The number of benzene rings is 1. The van der Waals surface area contributed by atoms with Crippen molar-refractivity contribution in [3.05, 3.63) is 45.2 Å². The number of aromatic nitrogens is 2. The SMILES string of the molecule is CNCCCc1c(C)nn(-c2ccc(Cl)c(Cl)c2)c1C. The summed E-state index contributed by atoms with van der Waals surface area (Å²) in [6.07, 6.45) is 2.13. The fourth-order valence-electron chi connectivity index (χ4n) is 2.35. The van der Waals surface area contributed by atoms with Gasteiger partial charge in [-0.15, -0.1) is 0 Å². The highest BCUT2D eigenvalue weighted by Crippen LogP contribution is 2.26. The van der Waals surface area contributed by atoms with Crippen molar-refractivity contribution in [1.29, 1.82) is 0 Å². The monoisotopic (exact) mass is 311 g/mol. The Morgan fingerprint density at radius 1 is 1.20 bits per heavy atom. The minimum atomic E-state index is 0.549.